The number of hydrogen-bond acceptors (Lipinski definition) is 7. The zero-order valence-corrected chi connectivity index (χ0v) is 18.2. The van der Waals surface area contributed by atoms with E-state index >= 15 is 0 Å². The van der Waals surface area contributed by atoms with E-state index in [0.29, 0.717) is 46.3 Å². The van der Waals surface area contributed by atoms with Gasteiger partial charge in [0.1, 0.15) is 25.5 Å². The molecule has 0 saturated carbocycles. The normalized spacial score (nSPS) is 13.5. The van der Waals surface area contributed by atoms with Gasteiger partial charge in [-0.05, 0) is 38.1 Å². The summed E-state index contributed by atoms with van der Waals surface area (Å²) in [5, 5.41) is 0. The lowest BCUT2D eigenvalue weighted by Crippen LogP contribution is -2.22. The predicted octanol–water partition coefficient (Wildman–Crippen LogP) is 3.18. The fraction of sp³-hybridized carbons (Fsp3) is 0.318. The largest absolute Gasteiger partial charge is 0.491 e. The molecule has 2 aromatic carbocycles. The van der Waals surface area contributed by atoms with E-state index in [1.807, 2.05) is 19.9 Å². The molecule has 1 aliphatic rings. The zero-order chi connectivity index (χ0) is 22.0. The van der Waals surface area contributed by atoms with Gasteiger partial charge in [0.25, 0.3) is 5.91 Å². The van der Waals surface area contributed by atoms with Gasteiger partial charge in [-0.2, -0.15) is 4.99 Å². The molecule has 0 radical (unpaired) electrons. The third-order valence-corrected chi connectivity index (χ3v) is 5.57. The van der Waals surface area contributed by atoms with Crippen molar-refractivity contribution in [1.29, 1.82) is 0 Å². The van der Waals surface area contributed by atoms with Crippen LogP contribution >= 0.6 is 11.3 Å². The van der Waals surface area contributed by atoms with Crippen molar-refractivity contribution in [2.24, 2.45) is 4.99 Å². The molecule has 0 N–H and O–H groups in total. The number of nitrogens with zero attached hydrogens (tertiary/aromatic N) is 2. The van der Waals surface area contributed by atoms with Gasteiger partial charge >= 0.3 is 5.97 Å². The second kappa shape index (κ2) is 8.81. The minimum atomic E-state index is -0.446. The molecule has 9 heteroatoms. The van der Waals surface area contributed by atoms with E-state index < -0.39 is 11.9 Å². The molecule has 31 heavy (non-hydrogen) atoms. The summed E-state index contributed by atoms with van der Waals surface area (Å²) in [6.07, 6.45) is 0.0425. The third-order valence-electron chi connectivity index (χ3n) is 4.53. The third kappa shape index (κ3) is 4.56. The molecule has 3 aromatic rings. The second-order valence-corrected chi connectivity index (χ2v) is 8.13. The average molecular weight is 442 g/mol. The Morgan fingerprint density at radius 2 is 1.81 bits per heavy atom. The van der Waals surface area contributed by atoms with Crippen LogP contribution in [-0.2, 0) is 16.1 Å². The minimum absolute atomic E-state index is 0.0425. The van der Waals surface area contributed by atoms with Crippen LogP contribution in [0.3, 0.4) is 0 Å². The number of aromatic nitrogens is 1. The van der Waals surface area contributed by atoms with Crippen LogP contribution in [0.2, 0.25) is 0 Å². The van der Waals surface area contributed by atoms with Gasteiger partial charge in [-0.1, -0.05) is 11.3 Å². The van der Waals surface area contributed by atoms with Crippen LogP contribution in [0.1, 0.15) is 24.2 Å². The van der Waals surface area contributed by atoms with Gasteiger partial charge in [0.2, 0.25) is 0 Å². The van der Waals surface area contributed by atoms with Crippen LogP contribution < -0.4 is 19.0 Å². The van der Waals surface area contributed by atoms with Gasteiger partial charge in [-0.3, -0.25) is 9.59 Å². The SMILES string of the molecule is COC(=O)Cn1c(=NC(=O)c2ccc(OC(C)C)cc2)sc2cc3c(cc21)OCCO3. The number of thiazole rings is 1. The highest BCUT2D eigenvalue weighted by Gasteiger charge is 2.18. The summed E-state index contributed by atoms with van der Waals surface area (Å²) in [5.41, 5.74) is 1.14. The average Bonchev–Trinajstić information content (AvgIpc) is 3.07. The lowest BCUT2D eigenvalue weighted by atomic mass is 10.2. The Morgan fingerprint density at radius 1 is 1.13 bits per heavy atom. The van der Waals surface area contributed by atoms with E-state index in [2.05, 4.69) is 4.99 Å². The maximum Gasteiger partial charge on any atom is 0.325 e. The summed E-state index contributed by atoms with van der Waals surface area (Å²) in [6, 6.07) is 10.4. The molecule has 0 spiro atoms. The summed E-state index contributed by atoms with van der Waals surface area (Å²) >= 11 is 1.29. The number of methoxy groups -OCH3 is 1. The molecule has 0 saturated heterocycles. The van der Waals surface area contributed by atoms with E-state index in [0.717, 1.165) is 4.70 Å². The fourth-order valence-corrected chi connectivity index (χ4v) is 4.18. The van der Waals surface area contributed by atoms with Crippen molar-refractivity contribution in [2.75, 3.05) is 20.3 Å². The van der Waals surface area contributed by atoms with E-state index in [1.54, 1.807) is 34.9 Å². The van der Waals surface area contributed by atoms with Crippen LogP contribution in [0.25, 0.3) is 10.2 Å². The number of fused-ring (bicyclic) bond motifs is 2. The molecule has 8 nitrogen and oxygen atoms in total. The summed E-state index contributed by atoms with van der Waals surface area (Å²) in [6.45, 7) is 4.71. The first kappa shape index (κ1) is 20.9. The van der Waals surface area contributed by atoms with E-state index in [4.69, 9.17) is 18.9 Å². The second-order valence-electron chi connectivity index (χ2n) is 7.12. The van der Waals surface area contributed by atoms with Crippen molar-refractivity contribution in [3.05, 3.63) is 46.8 Å². The number of carbonyl (C=O) groups is 2. The summed E-state index contributed by atoms with van der Waals surface area (Å²) < 4.78 is 24.2. The van der Waals surface area contributed by atoms with E-state index in [9.17, 15) is 9.59 Å². The molecule has 2 heterocycles. The van der Waals surface area contributed by atoms with Crippen molar-refractivity contribution < 1.29 is 28.5 Å². The number of esters is 1. The van der Waals surface area contributed by atoms with Gasteiger partial charge < -0.3 is 23.5 Å². The van der Waals surface area contributed by atoms with Crippen LogP contribution in [0.5, 0.6) is 17.2 Å². The summed E-state index contributed by atoms with van der Waals surface area (Å²) in [7, 11) is 1.32. The molecule has 1 aliphatic heterocycles. The molecular weight excluding hydrogens is 420 g/mol. The van der Waals surface area contributed by atoms with Crippen LogP contribution in [0.15, 0.2) is 41.4 Å². The standard InChI is InChI=1S/C22H22N2O6S/c1-13(2)30-15-6-4-14(5-7-15)21(26)23-22-24(12-20(25)27-3)16-10-17-18(11-19(16)31-22)29-9-8-28-17/h4-7,10-11,13H,8-9,12H2,1-3H3. The number of benzene rings is 2. The molecular formula is C22H22N2O6S. The topological polar surface area (TPSA) is 88.4 Å². The first-order chi connectivity index (χ1) is 14.9. The highest BCUT2D eigenvalue weighted by atomic mass is 32.1. The molecule has 0 aliphatic carbocycles. The van der Waals surface area contributed by atoms with Crippen LogP contribution in [0, 0.1) is 0 Å². The quantitative estimate of drug-likeness (QED) is 0.564. The fourth-order valence-electron chi connectivity index (χ4n) is 3.14. The maximum atomic E-state index is 12.8. The van der Waals surface area contributed by atoms with Gasteiger partial charge in [0.05, 0.1) is 23.4 Å². The van der Waals surface area contributed by atoms with Crippen molar-refractivity contribution in [3.8, 4) is 17.2 Å². The Labute approximate surface area is 182 Å². The van der Waals surface area contributed by atoms with Gasteiger partial charge in [-0.15, -0.1) is 0 Å². The van der Waals surface area contributed by atoms with Gasteiger partial charge in [0.15, 0.2) is 16.3 Å². The predicted molar refractivity (Wildman–Crippen MR) is 115 cm³/mol. The number of rotatable bonds is 5. The summed E-state index contributed by atoms with van der Waals surface area (Å²) in [5.74, 6) is 1.04. The number of ether oxygens (including phenoxy) is 4. The minimum Gasteiger partial charge on any atom is -0.491 e. The Kier molecular flexibility index (Phi) is 5.94. The molecule has 1 aromatic heterocycles. The Balaban J connectivity index is 1.75. The van der Waals surface area contributed by atoms with E-state index in [1.165, 1.54) is 18.4 Å². The zero-order valence-electron chi connectivity index (χ0n) is 17.4. The number of carbonyl (C=O) groups excluding carboxylic acids is 2. The van der Waals surface area contributed by atoms with E-state index in [-0.39, 0.29) is 12.6 Å². The molecule has 0 bridgehead atoms. The molecule has 162 valence electrons. The summed E-state index contributed by atoms with van der Waals surface area (Å²) in [4.78, 5) is 29.5. The Morgan fingerprint density at radius 3 is 2.45 bits per heavy atom. The first-order valence-corrected chi connectivity index (χ1v) is 10.6. The highest BCUT2D eigenvalue weighted by Crippen LogP contribution is 2.35. The van der Waals surface area contributed by atoms with Gasteiger partial charge in [0, 0.05) is 17.7 Å². The molecule has 1 amide bonds. The highest BCUT2D eigenvalue weighted by molar-refractivity contribution is 7.16. The van der Waals surface area contributed by atoms with Gasteiger partial charge in [-0.25, -0.2) is 0 Å². The molecule has 0 unspecified atom stereocenters. The molecule has 0 atom stereocenters. The molecule has 0 fully saturated rings. The smallest absolute Gasteiger partial charge is 0.325 e. The lowest BCUT2D eigenvalue weighted by Gasteiger charge is -2.18. The van der Waals surface area contributed by atoms with Crippen molar-refractivity contribution in [1.82, 2.24) is 4.57 Å². The number of amides is 1. The molecule has 4 rings (SSSR count). The lowest BCUT2D eigenvalue weighted by molar-refractivity contribution is -0.141. The Bertz CT molecular complexity index is 1190. The van der Waals surface area contributed by atoms with Crippen molar-refractivity contribution >= 4 is 33.4 Å². The number of hydrogen-bond donors (Lipinski definition) is 0. The maximum absolute atomic E-state index is 12.8. The van der Waals surface area contributed by atoms with Crippen LogP contribution in [-0.4, -0.2) is 42.9 Å². The van der Waals surface area contributed by atoms with Crippen LogP contribution in [0.4, 0.5) is 0 Å². The Hall–Kier alpha value is -3.33. The first-order valence-electron chi connectivity index (χ1n) is 9.80. The van der Waals surface area contributed by atoms with Crippen molar-refractivity contribution in [3.63, 3.8) is 0 Å². The van der Waals surface area contributed by atoms with Crippen molar-refractivity contribution in [2.45, 2.75) is 26.5 Å². The monoisotopic (exact) mass is 442 g/mol.